The highest BCUT2D eigenvalue weighted by molar-refractivity contribution is 6.30. The van der Waals surface area contributed by atoms with E-state index in [4.69, 9.17) is 16.1 Å². The van der Waals surface area contributed by atoms with Gasteiger partial charge in [-0.05, 0) is 53.3 Å². The highest BCUT2D eigenvalue weighted by Gasteiger charge is 2.26. The Labute approximate surface area is 182 Å². The lowest BCUT2D eigenvalue weighted by Gasteiger charge is -2.24. The average molecular weight is 421 g/mol. The minimum atomic E-state index is -0.0170. The van der Waals surface area contributed by atoms with E-state index in [0.29, 0.717) is 18.1 Å². The molecule has 0 bridgehead atoms. The minimum Gasteiger partial charge on any atom is -0.356 e. The van der Waals surface area contributed by atoms with Crippen molar-refractivity contribution in [1.29, 1.82) is 0 Å². The van der Waals surface area contributed by atoms with Crippen molar-refractivity contribution in [3.8, 4) is 11.3 Å². The van der Waals surface area contributed by atoms with Gasteiger partial charge in [-0.25, -0.2) is 0 Å². The Balaban J connectivity index is 1.44. The molecular weight excluding hydrogens is 396 g/mol. The van der Waals surface area contributed by atoms with Gasteiger partial charge in [0.2, 0.25) is 5.91 Å². The summed E-state index contributed by atoms with van der Waals surface area (Å²) in [6.07, 6.45) is 4.22. The Morgan fingerprint density at radius 3 is 2.47 bits per heavy atom. The van der Waals surface area contributed by atoms with Crippen molar-refractivity contribution in [2.24, 2.45) is 0 Å². The molecule has 2 heterocycles. The smallest absolute Gasteiger partial charge is 0.246 e. The number of carbonyl (C=O) groups excluding carboxylic acids is 1. The second-order valence-corrected chi connectivity index (χ2v) is 9.10. The molecule has 1 aromatic heterocycles. The van der Waals surface area contributed by atoms with Crippen LogP contribution in [0.5, 0.6) is 0 Å². The predicted octanol–water partition coefficient (Wildman–Crippen LogP) is 5.89. The molecule has 0 fully saturated rings. The van der Waals surface area contributed by atoms with E-state index in [1.807, 2.05) is 30.3 Å². The molecule has 0 aliphatic carbocycles. The lowest BCUT2D eigenvalue weighted by Crippen LogP contribution is -2.34. The normalized spacial score (nSPS) is 14.2. The molecule has 0 N–H and O–H groups in total. The fourth-order valence-corrected chi connectivity index (χ4v) is 3.74. The largest absolute Gasteiger partial charge is 0.356 e. The van der Waals surface area contributed by atoms with E-state index >= 15 is 0 Å². The molecule has 1 aliphatic heterocycles. The van der Waals surface area contributed by atoms with Crippen LogP contribution in [0.4, 0.5) is 0 Å². The molecule has 1 amide bonds. The molecule has 4 nitrogen and oxygen atoms in total. The number of hydrogen-bond acceptors (Lipinski definition) is 3. The first-order valence-corrected chi connectivity index (χ1v) is 10.5. The maximum absolute atomic E-state index is 12.7. The van der Waals surface area contributed by atoms with Crippen molar-refractivity contribution in [2.75, 3.05) is 6.54 Å². The SMILES string of the molecule is CC(C)(C)c1ccc(/C=C/C(=O)N2CCc3c(noc3-c3ccc(Cl)cc3)C2)cc1. The van der Waals surface area contributed by atoms with E-state index in [1.54, 1.807) is 11.0 Å². The van der Waals surface area contributed by atoms with Crippen LogP contribution in [0.2, 0.25) is 5.02 Å². The highest BCUT2D eigenvalue weighted by Crippen LogP contribution is 2.31. The number of nitrogens with zero attached hydrogens (tertiary/aromatic N) is 2. The molecule has 0 atom stereocenters. The topological polar surface area (TPSA) is 46.3 Å². The summed E-state index contributed by atoms with van der Waals surface area (Å²) in [7, 11) is 0. The number of rotatable bonds is 3. The van der Waals surface area contributed by atoms with Crippen LogP contribution in [0.15, 0.2) is 59.1 Å². The van der Waals surface area contributed by atoms with Gasteiger partial charge in [-0.2, -0.15) is 0 Å². The lowest BCUT2D eigenvalue weighted by molar-refractivity contribution is -0.126. The van der Waals surface area contributed by atoms with E-state index in [9.17, 15) is 4.79 Å². The van der Waals surface area contributed by atoms with Gasteiger partial charge in [-0.1, -0.05) is 61.8 Å². The maximum Gasteiger partial charge on any atom is 0.246 e. The first-order chi connectivity index (χ1) is 14.3. The van der Waals surface area contributed by atoms with Gasteiger partial charge in [0.05, 0.1) is 6.54 Å². The van der Waals surface area contributed by atoms with Crippen LogP contribution in [0, 0.1) is 0 Å². The third-order valence-corrected chi connectivity index (χ3v) is 5.71. The van der Waals surface area contributed by atoms with Crippen LogP contribution >= 0.6 is 11.6 Å². The van der Waals surface area contributed by atoms with Gasteiger partial charge in [-0.3, -0.25) is 4.79 Å². The second kappa shape index (κ2) is 8.11. The van der Waals surface area contributed by atoms with Crippen LogP contribution in [-0.4, -0.2) is 22.5 Å². The van der Waals surface area contributed by atoms with Gasteiger partial charge in [-0.15, -0.1) is 0 Å². The quantitative estimate of drug-likeness (QED) is 0.496. The molecule has 154 valence electrons. The number of carbonyl (C=O) groups is 1. The number of amides is 1. The van der Waals surface area contributed by atoms with Gasteiger partial charge in [0.25, 0.3) is 0 Å². The molecule has 5 heteroatoms. The summed E-state index contributed by atoms with van der Waals surface area (Å²) in [6, 6.07) is 15.9. The zero-order valence-corrected chi connectivity index (χ0v) is 18.2. The zero-order valence-electron chi connectivity index (χ0n) is 17.5. The van der Waals surface area contributed by atoms with Gasteiger partial charge < -0.3 is 9.42 Å². The number of aromatic nitrogens is 1. The highest BCUT2D eigenvalue weighted by atomic mass is 35.5. The van der Waals surface area contributed by atoms with E-state index in [1.165, 1.54) is 5.56 Å². The van der Waals surface area contributed by atoms with Crippen molar-refractivity contribution in [3.63, 3.8) is 0 Å². The summed E-state index contributed by atoms with van der Waals surface area (Å²) in [4.78, 5) is 14.5. The molecule has 0 unspecified atom stereocenters. The fourth-order valence-electron chi connectivity index (χ4n) is 3.61. The summed E-state index contributed by atoms with van der Waals surface area (Å²) in [6.45, 7) is 7.66. The first kappa shape index (κ1) is 20.4. The van der Waals surface area contributed by atoms with E-state index in [2.05, 4.69) is 50.2 Å². The third-order valence-electron chi connectivity index (χ3n) is 5.46. The number of halogens is 1. The van der Waals surface area contributed by atoms with Crippen molar-refractivity contribution in [3.05, 3.63) is 82.0 Å². The molecule has 0 saturated carbocycles. The van der Waals surface area contributed by atoms with Crippen LogP contribution < -0.4 is 0 Å². The average Bonchev–Trinajstić information content (AvgIpc) is 3.15. The minimum absolute atomic E-state index is 0.0170. The Bertz CT molecular complexity index is 1070. The molecular formula is C25H25ClN2O2. The molecule has 0 saturated heterocycles. The molecule has 2 aromatic carbocycles. The maximum atomic E-state index is 12.7. The monoisotopic (exact) mass is 420 g/mol. The standard InChI is InChI=1S/C25H25ClN2O2/c1-25(2,3)19-9-4-17(5-10-19)6-13-23(29)28-15-14-21-22(16-28)27-30-24(21)18-7-11-20(26)12-8-18/h4-13H,14-16H2,1-3H3/b13-6+. The molecule has 1 aliphatic rings. The summed E-state index contributed by atoms with van der Waals surface area (Å²) < 4.78 is 5.59. The van der Waals surface area contributed by atoms with Crippen LogP contribution in [0.1, 0.15) is 43.2 Å². The molecule has 30 heavy (non-hydrogen) atoms. The molecule has 4 rings (SSSR count). The van der Waals surface area contributed by atoms with Crippen LogP contribution in [0.25, 0.3) is 17.4 Å². The van der Waals surface area contributed by atoms with Crippen LogP contribution in [0.3, 0.4) is 0 Å². The van der Waals surface area contributed by atoms with Gasteiger partial charge in [0, 0.05) is 28.8 Å². The fraction of sp³-hybridized carbons (Fsp3) is 0.280. The van der Waals surface area contributed by atoms with E-state index in [0.717, 1.165) is 34.6 Å². The van der Waals surface area contributed by atoms with Crippen molar-refractivity contribution < 1.29 is 9.32 Å². The van der Waals surface area contributed by atoms with Gasteiger partial charge in [0.1, 0.15) is 5.69 Å². The Kier molecular flexibility index (Phi) is 5.52. The van der Waals surface area contributed by atoms with Gasteiger partial charge >= 0.3 is 0 Å². The molecule has 0 spiro atoms. The van der Waals surface area contributed by atoms with Gasteiger partial charge in [0.15, 0.2) is 5.76 Å². The predicted molar refractivity (Wildman–Crippen MR) is 120 cm³/mol. The van der Waals surface area contributed by atoms with E-state index < -0.39 is 0 Å². The molecule has 0 radical (unpaired) electrons. The number of hydrogen-bond donors (Lipinski definition) is 0. The number of benzene rings is 2. The van der Waals surface area contributed by atoms with Crippen LogP contribution in [-0.2, 0) is 23.2 Å². The summed E-state index contributed by atoms with van der Waals surface area (Å²) >= 11 is 5.98. The van der Waals surface area contributed by atoms with Crippen molar-refractivity contribution in [2.45, 2.75) is 39.2 Å². The molecule has 3 aromatic rings. The summed E-state index contributed by atoms with van der Waals surface area (Å²) in [5.41, 5.74) is 5.25. The third kappa shape index (κ3) is 4.34. The second-order valence-electron chi connectivity index (χ2n) is 8.66. The van der Waals surface area contributed by atoms with Crippen molar-refractivity contribution in [1.82, 2.24) is 10.1 Å². The van der Waals surface area contributed by atoms with E-state index in [-0.39, 0.29) is 11.3 Å². The number of fused-ring (bicyclic) bond motifs is 1. The summed E-state index contributed by atoms with van der Waals surface area (Å²) in [5.74, 6) is 0.750. The Morgan fingerprint density at radius 1 is 1.10 bits per heavy atom. The zero-order chi connectivity index (χ0) is 21.3. The first-order valence-electron chi connectivity index (χ1n) is 10.1. The lowest BCUT2D eigenvalue weighted by atomic mass is 9.87. The van der Waals surface area contributed by atoms with Crippen molar-refractivity contribution >= 4 is 23.6 Å². The summed E-state index contributed by atoms with van der Waals surface area (Å²) in [5, 5.41) is 4.90. The Morgan fingerprint density at radius 2 is 1.80 bits per heavy atom. The Hall–Kier alpha value is -2.85.